The van der Waals surface area contributed by atoms with E-state index in [9.17, 15) is 9.59 Å². The lowest BCUT2D eigenvalue weighted by molar-refractivity contribution is -0.116. The van der Waals surface area contributed by atoms with E-state index in [1.807, 2.05) is 45.0 Å². The Morgan fingerprint density at radius 3 is 2.74 bits per heavy atom. The highest BCUT2D eigenvalue weighted by atomic mass is 16.6. The molecule has 1 unspecified atom stereocenters. The van der Waals surface area contributed by atoms with Crippen molar-refractivity contribution < 1.29 is 14.3 Å². The molecular weight excluding hydrogens is 292 g/mol. The first kappa shape index (κ1) is 17.1. The Morgan fingerprint density at radius 1 is 1.39 bits per heavy atom. The molecule has 2 amide bonds. The monoisotopic (exact) mass is 316 g/mol. The first-order valence-corrected chi connectivity index (χ1v) is 7.76. The number of fused-ring (bicyclic) bond motifs is 1. The van der Waals surface area contributed by atoms with Gasteiger partial charge in [-0.3, -0.25) is 4.79 Å². The quantitative estimate of drug-likeness (QED) is 0.872. The topological polar surface area (TPSA) is 58.6 Å². The molecule has 1 aliphatic rings. The van der Waals surface area contributed by atoms with Crippen molar-refractivity contribution in [3.05, 3.63) is 48.0 Å². The summed E-state index contributed by atoms with van der Waals surface area (Å²) in [5.74, 6) is -0.173. The molecule has 1 N–H and O–H groups in total. The van der Waals surface area contributed by atoms with Gasteiger partial charge in [-0.2, -0.15) is 0 Å². The van der Waals surface area contributed by atoms with Crippen molar-refractivity contribution >= 4 is 12.0 Å². The van der Waals surface area contributed by atoms with Crippen molar-refractivity contribution in [3.8, 4) is 0 Å². The second-order valence-corrected chi connectivity index (χ2v) is 6.71. The first-order valence-electron chi connectivity index (χ1n) is 7.76. The highest BCUT2D eigenvalue weighted by Crippen LogP contribution is 2.28. The van der Waals surface area contributed by atoms with Crippen molar-refractivity contribution in [2.45, 2.75) is 38.8 Å². The number of rotatable bonds is 3. The third-order valence-electron chi connectivity index (χ3n) is 3.66. The third-order valence-corrected chi connectivity index (χ3v) is 3.66. The van der Waals surface area contributed by atoms with Crippen LogP contribution in [0.2, 0.25) is 0 Å². The molecule has 0 saturated heterocycles. The van der Waals surface area contributed by atoms with Gasteiger partial charge >= 0.3 is 6.09 Å². The summed E-state index contributed by atoms with van der Waals surface area (Å²) in [5.41, 5.74) is 1.72. The largest absolute Gasteiger partial charge is 0.444 e. The zero-order chi connectivity index (χ0) is 17.0. The van der Waals surface area contributed by atoms with E-state index in [1.165, 1.54) is 6.08 Å². The molecule has 0 radical (unpaired) electrons. The van der Waals surface area contributed by atoms with Crippen molar-refractivity contribution in [1.29, 1.82) is 0 Å². The van der Waals surface area contributed by atoms with E-state index in [-0.39, 0.29) is 17.9 Å². The molecule has 0 bridgehead atoms. The Labute approximate surface area is 137 Å². The van der Waals surface area contributed by atoms with E-state index in [1.54, 1.807) is 4.90 Å². The lowest BCUT2D eigenvalue weighted by Gasteiger charge is -2.35. The Kier molecular flexibility index (Phi) is 5.08. The molecule has 1 aromatic carbocycles. The molecule has 5 nitrogen and oxygen atoms in total. The summed E-state index contributed by atoms with van der Waals surface area (Å²) >= 11 is 0. The fraction of sp³-hybridized carbons (Fsp3) is 0.444. The van der Waals surface area contributed by atoms with Crippen molar-refractivity contribution in [2.24, 2.45) is 0 Å². The van der Waals surface area contributed by atoms with Gasteiger partial charge in [0.25, 0.3) is 0 Å². The van der Waals surface area contributed by atoms with E-state index in [4.69, 9.17) is 4.74 Å². The molecule has 1 aliphatic heterocycles. The predicted molar refractivity (Wildman–Crippen MR) is 89.0 cm³/mol. The number of carbonyl (C=O) groups excluding carboxylic acids is 2. The number of ether oxygens (including phenoxy) is 1. The van der Waals surface area contributed by atoms with Crippen LogP contribution >= 0.6 is 0 Å². The van der Waals surface area contributed by atoms with Crippen LogP contribution in [0.15, 0.2) is 36.9 Å². The minimum absolute atomic E-state index is 0.0383. The average Bonchev–Trinajstić information content (AvgIpc) is 2.50. The zero-order valence-corrected chi connectivity index (χ0v) is 14.0. The van der Waals surface area contributed by atoms with Crippen LogP contribution in [0.3, 0.4) is 0 Å². The smallest absolute Gasteiger partial charge is 0.410 e. The summed E-state index contributed by atoms with van der Waals surface area (Å²) in [6.07, 6.45) is 0.924. The lowest BCUT2D eigenvalue weighted by Crippen LogP contribution is -2.44. The van der Waals surface area contributed by atoms with Crippen LogP contribution in [-0.2, 0) is 16.1 Å². The number of amides is 2. The first-order chi connectivity index (χ1) is 10.8. The number of carbonyl (C=O) groups is 2. The molecule has 1 heterocycles. The van der Waals surface area contributed by atoms with Crippen LogP contribution in [-0.4, -0.2) is 35.6 Å². The maximum atomic E-state index is 12.4. The van der Waals surface area contributed by atoms with Crippen molar-refractivity contribution in [2.75, 3.05) is 13.1 Å². The van der Waals surface area contributed by atoms with Crippen LogP contribution in [0, 0.1) is 0 Å². The van der Waals surface area contributed by atoms with E-state index < -0.39 is 5.60 Å². The fourth-order valence-corrected chi connectivity index (χ4v) is 2.65. The van der Waals surface area contributed by atoms with Crippen molar-refractivity contribution in [3.63, 3.8) is 0 Å². The van der Waals surface area contributed by atoms with Gasteiger partial charge in [0, 0.05) is 25.6 Å². The molecule has 1 atom stereocenters. The van der Waals surface area contributed by atoms with E-state index in [0.717, 1.165) is 11.1 Å². The van der Waals surface area contributed by atoms with Gasteiger partial charge in [0.1, 0.15) is 5.60 Å². The van der Waals surface area contributed by atoms with Gasteiger partial charge in [0.05, 0.1) is 0 Å². The molecule has 2 rings (SSSR count). The fourth-order valence-electron chi connectivity index (χ4n) is 2.65. The number of hydrogen-bond donors (Lipinski definition) is 1. The average molecular weight is 316 g/mol. The van der Waals surface area contributed by atoms with E-state index in [0.29, 0.717) is 19.6 Å². The van der Waals surface area contributed by atoms with Gasteiger partial charge in [0.2, 0.25) is 5.91 Å². The molecule has 0 spiro atoms. The van der Waals surface area contributed by atoms with Crippen LogP contribution < -0.4 is 5.32 Å². The molecule has 124 valence electrons. The summed E-state index contributed by atoms with van der Waals surface area (Å²) in [7, 11) is 0. The molecule has 0 saturated carbocycles. The lowest BCUT2D eigenvalue weighted by atomic mass is 9.90. The number of nitrogens with one attached hydrogen (secondary N) is 1. The Bertz CT molecular complexity index is 605. The molecular formula is C18H24N2O3. The number of hydrogen-bond acceptors (Lipinski definition) is 3. The minimum atomic E-state index is -0.527. The SMILES string of the molecule is C=CC(=O)NCC1CN(C(=O)OC(C)(C)C)Cc2ccccc21. The summed E-state index contributed by atoms with van der Waals surface area (Å²) in [6.45, 7) is 10.5. The van der Waals surface area contributed by atoms with Gasteiger partial charge in [-0.15, -0.1) is 0 Å². The van der Waals surface area contributed by atoms with Gasteiger partial charge in [-0.25, -0.2) is 4.79 Å². The summed E-state index contributed by atoms with van der Waals surface area (Å²) < 4.78 is 5.47. The molecule has 23 heavy (non-hydrogen) atoms. The molecule has 0 fully saturated rings. The Morgan fingerprint density at radius 2 is 2.09 bits per heavy atom. The summed E-state index contributed by atoms with van der Waals surface area (Å²) in [6, 6.07) is 7.99. The van der Waals surface area contributed by atoms with Gasteiger partial charge < -0.3 is 15.0 Å². The summed E-state index contributed by atoms with van der Waals surface area (Å²) in [4.78, 5) is 25.5. The predicted octanol–water partition coefficient (Wildman–Crippen LogP) is 2.82. The van der Waals surface area contributed by atoms with Crippen molar-refractivity contribution in [1.82, 2.24) is 10.2 Å². The molecule has 1 aromatic rings. The second kappa shape index (κ2) is 6.86. The standard InChI is InChI=1S/C18H24N2O3/c1-5-16(21)19-10-14-12-20(17(22)23-18(2,3)4)11-13-8-6-7-9-15(13)14/h5-9,14H,1,10-12H2,2-4H3,(H,19,21). The van der Waals surface area contributed by atoms with E-state index >= 15 is 0 Å². The molecule has 0 aromatic heterocycles. The zero-order valence-electron chi connectivity index (χ0n) is 14.0. The van der Waals surface area contributed by atoms with E-state index in [2.05, 4.69) is 11.9 Å². The van der Waals surface area contributed by atoms with Gasteiger partial charge in [-0.05, 0) is 38.0 Å². The van der Waals surface area contributed by atoms with Crippen LogP contribution in [0.4, 0.5) is 4.79 Å². The van der Waals surface area contributed by atoms with Gasteiger partial charge in [-0.1, -0.05) is 30.8 Å². The maximum absolute atomic E-state index is 12.4. The normalized spacial score (nSPS) is 17.2. The maximum Gasteiger partial charge on any atom is 0.410 e. The van der Waals surface area contributed by atoms with Gasteiger partial charge in [0.15, 0.2) is 0 Å². The highest BCUT2D eigenvalue weighted by molar-refractivity contribution is 5.86. The van der Waals surface area contributed by atoms with Crippen LogP contribution in [0.5, 0.6) is 0 Å². The number of nitrogens with zero attached hydrogens (tertiary/aromatic N) is 1. The third kappa shape index (κ3) is 4.58. The minimum Gasteiger partial charge on any atom is -0.444 e. The second-order valence-electron chi connectivity index (χ2n) is 6.71. The Balaban J connectivity index is 2.16. The Hall–Kier alpha value is -2.30. The summed E-state index contributed by atoms with van der Waals surface area (Å²) in [5, 5.41) is 2.81. The molecule has 5 heteroatoms. The number of benzene rings is 1. The highest BCUT2D eigenvalue weighted by Gasteiger charge is 2.30. The molecule has 0 aliphatic carbocycles. The van der Waals surface area contributed by atoms with Crippen LogP contribution in [0.25, 0.3) is 0 Å². The van der Waals surface area contributed by atoms with Crippen LogP contribution in [0.1, 0.15) is 37.8 Å².